The van der Waals surface area contributed by atoms with E-state index in [9.17, 15) is 0 Å². The number of benzene rings is 2. The molecule has 0 aromatic heterocycles. The zero-order valence-corrected chi connectivity index (χ0v) is 13.2. The van der Waals surface area contributed by atoms with Gasteiger partial charge in [0.25, 0.3) is 0 Å². The number of aryl methyl sites for hydroxylation is 2. The van der Waals surface area contributed by atoms with Crippen LogP contribution >= 0.6 is 27.5 Å². The number of hydrazine groups is 1. The fraction of sp³-hybridized carbons (Fsp3) is 0.200. The summed E-state index contributed by atoms with van der Waals surface area (Å²) in [5.41, 5.74) is 7.26. The number of hydrogen-bond acceptors (Lipinski definition) is 2. The first kappa shape index (κ1) is 14.5. The molecular weight excluding hydrogens is 324 g/mol. The average Bonchev–Trinajstić information content (AvgIpc) is 2.39. The zero-order chi connectivity index (χ0) is 14.0. The molecule has 0 radical (unpaired) electrons. The van der Waals surface area contributed by atoms with E-state index in [2.05, 4.69) is 40.4 Å². The van der Waals surface area contributed by atoms with E-state index in [1.165, 1.54) is 5.56 Å². The third-order valence-electron chi connectivity index (χ3n) is 3.21. The molecule has 0 amide bonds. The van der Waals surface area contributed by atoms with Gasteiger partial charge in [-0.1, -0.05) is 51.8 Å². The van der Waals surface area contributed by atoms with Gasteiger partial charge in [0.1, 0.15) is 0 Å². The molecule has 0 spiro atoms. The molecule has 0 aliphatic heterocycles. The first-order chi connectivity index (χ1) is 9.02. The van der Waals surface area contributed by atoms with Crippen LogP contribution in [0.3, 0.4) is 0 Å². The molecule has 2 aromatic rings. The molecule has 3 N–H and O–H groups in total. The van der Waals surface area contributed by atoms with Crippen LogP contribution in [-0.4, -0.2) is 0 Å². The van der Waals surface area contributed by atoms with E-state index in [0.717, 1.165) is 26.2 Å². The Bertz CT molecular complexity index is 547. The summed E-state index contributed by atoms with van der Waals surface area (Å²) in [6.07, 6.45) is 0. The van der Waals surface area contributed by atoms with Crippen molar-refractivity contribution in [3.05, 3.63) is 68.1 Å². The van der Waals surface area contributed by atoms with Gasteiger partial charge in [-0.05, 0) is 48.2 Å². The molecule has 1 unspecified atom stereocenters. The van der Waals surface area contributed by atoms with Crippen LogP contribution in [0.2, 0.25) is 5.02 Å². The van der Waals surface area contributed by atoms with Crippen molar-refractivity contribution in [1.82, 2.24) is 5.43 Å². The highest BCUT2D eigenvalue weighted by Gasteiger charge is 2.14. The molecule has 0 fully saturated rings. The van der Waals surface area contributed by atoms with Crippen molar-refractivity contribution in [2.45, 2.75) is 19.9 Å². The van der Waals surface area contributed by atoms with Gasteiger partial charge in [0.2, 0.25) is 0 Å². The molecule has 19 heavy (non-hydrogen) atoms. The molecule has 0 saturated carbocycles. The Kier molecular flexibility index (Phi) is 4.63. The van der Waals surface area contributed by atoms with Crippen LogP contribution in [0.15, 0.2) is 40.9 Å². The normalized spacial score (nSPS) is 12.5. The Morgan fingerprint density at radius 3 is 2.26 bits per heavy atom. The fourth-order valence-corrected chi connectivity index (χ4v) is 2.46. The molecule has 0 saturated heterocycles. The minimum atomic E-state index is -0.0649. The number of halogens is 2. The molecule has 1 atom stereocenters. The van der Waals surface area contributed by atoms with Gasteiger partial charge in [-0.25, -0.2) is 5.43 Å². The SMILES string of the molecule is Cc1ccc(C(NN)c2ccc(Br)c(C)c2)cc1Cl. The molecule has 2 nitrogen and oxygen atoms in total. The summed E-state index contributed by atoms with van der Waals surface area (Å²) in [5, 5.41) is 0.756. The molecule has 0 bridgehead atoms. The van der Waals surface area contributed by atoms with Crippen molar-refractivity contribution in [1.29, 1.82) is 0 Å². The van der Waals surface area contributed by atoms with E-state index in [1.54, 1.807) is 0 Å². The third-order valence-corrected chi connectivity index (χ3v) is 4.51. The Morgan fingerprint density at radius 2 is 1.68 bits per heavy atom. The monoisotopic (exact) mass is 338 g/mol. The largest absolute Gasteiger partial charge is 0.271 e. The first-order valence-electron chi connectivity index (χ1n) is 6.01. The average molecular weight is 340 g/mol. The second kappa shape index (κ2) is 6.06. The first-order valence-corrected chi connectivity index (χ1v) is 7.18. The van der Waals surface area contributed by atoms with Crippen LogP contribution in [0.4, 0.5) is 0 Å². The van der Waals surface area contributed by atoms with E-state index < -0.39 is 0 Å². The predicted octanol–water partition coefficient (Wildman–Crippen LogP) is 4.27. The number of nitrogens with two attached hydrogens (primary N) is 1. The molecule has 4 heteroatoms. The van der Waals surface area contributed by atoms with Crippen LogP contribution in [0.25, 0.3) is 0 Å². The van der Waals surface area contributed by atoms with Crippen molar-refractivity contribution >= 4 is 27.5 Å². The van der Waals surface area contributed by atoms with E-state index in [1.807, 2.05) is 31.2 Å². The van der Waals surface area contributed by atoms with Crippen LogP contribution in [0.1, 0.15) is 28.3 Å². The van der Waals surface area contributed by atoms with Gasteiger partial charge in [-0.2, -0.15) is 0 Å². The predicted molar refractivity (Wildman–Crippen MR) is 84.2 cm³/mol. The van der Waals surface area contributed by atoms with Crippen molar-refractivity contribution in [2.24, 2.45) is 5.84 Å². The van der Waals surface area contributed by atoms with Crippen molar-refractivity contribution < 1.29 is 0 Å². The summed E-state index contributed by atoms with van der Waals surface area (Å²) in [4.78, 5) is 0. The summed E-state index contributed by atoms with van der Waals surface area (Å²) in [5.74, 6) is 5.71. The zero-order valence-electron chi connectivity index (χ0n) is 10.9. The Hall–Kier alpha value is -0.870. The lowest BCUT2D eigenvalue weighted by Gasteiger charge is -2.18. The van der Waals surface area contributed by atoms with Crippen molar-refractivity contribution in [3.8, 4) is 0 Å². The van der Waals surface area contributed by atoms with E-state index in [0.29, 0.717) is 0 Å². The van der Waals surface area contributed by atoms with Gasteiger partial charge >= 0.3 is 0 Å². The second-order valence-electron chi connectivity index (χ2n) is 4.62. The van der Waals surface area contributed by atoms with Crippen molar-refractivity contribution in [2.75, 3.05) is 0 Å². The van der Waals surface area contributed by atoms with E-state index in [-0.39, 0.29) is 6.04 Å². The van der Waals surface area contributed by atoms with Gasteiger partial charge in [0.05, 0.1) is 6.04 Å². The van der Waals surface area contributed by atoms with E-state index >= 15 is 0 Å². The highest BCUT2D eigenvalue weighted by Crippen LogP contribution is 2.28. The lowest BCUT2D eigenvalue weighted by Crippen LogP contribution is -2.28. The summed E-state index contributed by atoms with van der Waals surface area (Å²) < 4.78 is 1.09. The molecule has 0 aliphatic carbocycles. The second-order valence-corrected chi connectivity index (χ2v) is 5.88. The van der Waals surface area contributed by atoms with Gasteiger partial charge < -0.3 is 0 Å². The molecule has 2 aromatic carbocycles. The van der Waals surface area contributed by atoms with Crippen LogP contribution in [-0.2, 0) is 0 Å². The minimum Gasteiger partial charge on any atom is -0.271 e. The smallest absolute Gasteiger partial charge is 0.0710 e. The maximum atomic E-state index is 6.18. The Morgan fingerprint density at radius 1 is 1.05 bits per heavy atom. The van der Waals surface area contributed by atoms with Gasteiger partial charge in [-0.15, -0.1) is 0 Å². The Balaban J connectivity index is 2.43. The number of rotatable bonds is 3. The van der Waals surface area contributed by atoms with Gasteiger partial charge in [-0.3, -0.25) is 5.84 Å². The number of nitrogens with one attached hydrogen (secondary N) is 1. The lowest BCUT2D eigenvalue weighted by atomic mass is 9.97. The Labute approximate surface area is 127 Å². The summed E-state index contributed by atoms with van der Waals surface area (Å²) in [7, 11) is 0. The summed E-state index contributed by atoms with van der Waals surface area (Å²) in [6, 6.07) is 12.1. The third kappa shape index (κ3) is 3.18. The molecular formula is C15H16BrClN2. The maximum Gasteiger partial charge on any atom is 0.0710 e. The maximum absolute atomic E-state index is 6.18. The molecule has 0 aliphatic rings. The molecule has 100 valence electrons. The summed E-state index contributed by atoms with van der Waals surface area (Å²) >= 11 is 9.69. The number of hydrogen-bond donors (Lipinski definition) is 2. The van der Waals surface area contributed by atoms with Crippen LogP contribution in [0, 0.1) is 13.8 Å². The topological polar surface area (TPSA) is 38.0 Å². The minimum absolute atomic E-state index is 0.0649. The molecule has 0 heterocycles. The highest BCUT2D eigenvalue weighted by atomic mass is 79.9. The van der Waals surface area contributed by atoms with Crippen LogP contribution < -0.4 is 11.3 Å². The van der Waals surface area contributed by atoms with Gasteiger partial charge in [0, 0.05) is 9.50 Å². The lowest BCUT2D eigenvalue weighted by molar-refractivity contribution is 0.636. The van der Waals surface area contributed by atoms with Gasteiger partial charge in [0.15, 0.2) is 0 Å². The molecule has 2 rings (SSSR count). The standard InChI is InChI=1S/C15H16BrClN2/c1-9-3-4-12(8-14(9)17)15(19-18)11-5-6-13(16)10(2)7-11/h3-8,15,19H,18H2,1-2H3. The van der Waals surface area contributed by atoms with Crippen molar-refractivity contribution in [3.63, 3.8) is 0 Å². The summed E-state index contributed by atoms with van der Waals surface area (Å²) in [6.45, 7) is 4.05. The highest BCUT2D eigenvalue weighted by molar-refractivity contribution is 9.10. The van der Waals surface area contributed by atoms with E-state index in [4.69, 9.17) is 17.4 Å². The fourth-order valence-electron chi connectivity index (χ4n) is 2.02. The van der Waals surface area contributed by atoms with Crippen LogP contribution in [0.5, 0.6) is 0 Å². The quantitative estimate of drug-likeness (QED) is 0.647.